The summed E-state index contributed by atoms with van der Waals surface area (Å²) in [5.74, 6) is -2.55. The zero-order valence-electron chi connectivity index (χ0n) is 21.1. The van der Waals surface area contributed by atoms with Crippen molar-refractivity contribution in [1.82, 2.24) is 24.9 Å². The van der Waals surface area contributed by atoms with Crippen LogP contribution in [0.2, 0.25) is 0 Å². The molecule has 1 aliphatic heterocycles. The number of nitrogens with two attached hydrogens (primary N) is 1. The number of nitrogens with zero attached hydrogens (tertiary/aromatic N) is 5. The number of aromatic nitrogens is 4. The van der Waals surface area contributed by atoms with Crippen molar-refractivity contribution in [2.75, 3.05) is 32.7 Å². The highest BCUT2D eigenvalue weighted by molar-refractivity contribution is 5.78. The van der Waals surface area contributed by atoms with E-state index >= 15 is 8.78 Å². The van der Waals surface area contributed by atoms with Crippen molar-refractivity contribution < 1.29 is 27.8 Å². The second-order valence-electron chi connectivity index (χ2n) is 9.75. The van der Waals surface area contributed by atoms with Crippen LogP contribution in [-0.2, 0) is 9.47 Å². The zero-order chi connectivity index (χ0) is 26.8. The Morgan fingerprint density at radius 1 is 1.22 bits per heavy atom. The summed E-state index contributed by atoms with van der Waals surface area (Å²) in [6.07, 6.45) is 2.21. The summed E-state index contributed by atoms with van der Waals surface area (Å²) < 4.78 is 47.4. The number of carbonyl (C=O) groups is 1. The van der Waals surface area contributed by atoms with E-state index in [2.05, 4.69) is 15.3 Å². The summed E-state index contributed by atoms with van der Waals surface area (Å²) in [6, 6.07) is 7.71. The fourth-order valence-corrected chi connectivity index (χ4v) is 4.07. The van der Waals surface area contributed by atoms with Crippen LogP contribution >= 0.6 is 0 Å². The maximum Gasteiger partial charge on any atom is 0.410 e. The number of para-hydroxylation sites is 1. The molecule has 0 unspecified atom stereocenters. The Kier molecular flexibility index (Phi) is 7.30. The van der Waals surface area contributed by atoms with Crippen molar-refractivity contribution in [2.45, 2.75) is 44.8 Å². The average molecular weight is 517 g/mol. The molecule has 1 atom stereocenters. The topological polar surface area (TPSA) is 118 Å². The second-order valence-corrected chi connectivity index (χ2v) is 9.75. The lowest BCUT2D eigenvalue weighted by molar-refractivity contribution is -0.106. The van der Waals surface area contributed by atoms with Gasteiger partial charge < -0.3 is 24.8 Å². The molecule has 3 aromatic rings. The molecule has 12 heteroatoms. The lowest BCUT2D eigenvalue weighted by Crippen LogP contribution is -2.52. The van der Waals surface area contributed by atoms with Gasteiger partial charge in [-0.2, -0.15) is 5.10 Å². The van der Waals surface area contributed by atoms with Gasteiger partial charge in [0, 0.05) is 36.5 Å². The molecule has 1 saturated heterocycles. The highest BCUT2D eigenvalue weighted by Crippen LogP contribution is 2.38. The number of piperidine rings is 1. The van der Waals surface area contributed by atoms with Crippen LogP contribution in [0.25, 0.3) is 22.4 Å². The third-order valence-electron chi connectivity index (χ3n) is 5.76. The molecule has 0 bridgehead atoms. The molecule has 1 fully saturated rings. The fourth-order valence-electron chi connectivity index (χ4n) is 4.07. The monoisotopic (exact) mass is 516 g/mol. The number of rotatable bonds is 6. The molecule has 10 nitrogen and oxygen atoms in total. The van der Waals surface area contributed by atoms with Gasteiger partial charge in [-0.05, 0) is 45.4 Å². The molecule has 2 aromatic heterocycles. The van der Waals surface area contributed by atoms with E-state index in [1.54, 1.807) is 32.9 Å². The minimum absolute atomic E-state index is 0.00685. The minimum atomic E-state index is -3.22. The lowest BCUT2D eigenvalue weighted by atomic mass is 10.0. The van der Waals surface area contributed by atoms with Crippen molar-refractivity contribution in [3.8, 4) is 28.1 Å². The molecule has 3 heterocycles. The number of carbonyl (C=O) groups excluding carboxylic acids is 1. The molecular weight excluding hydrogens is 486 g/mol. The van der Waals surface area contributed by atoms with Gasteiger partial charge >= 0.3 is 6.09 Å². The van der Waals surface area contributed by atoms with E-state index in [-0.39, 0.29) is 25.6 Å². The first-order valence-corrected chi connectivity index (χ1v) is 11.7. The Hall–Kier alpha value is -3.80. The molecule has 0 radical (unpaired) electrons. The molecule has 1 aliphatic rings. The molecule has 4 rings (SSSR count). The normalized spacial score (nSPS) is 17.5. The van der Waals surface area contributed by atoms with Gasteiger partial charge in [-0.3, -0.25) is 4.68 Å². The van der Waals surface area contributed by atoms with E-state index in [0.29, 0.717) is 28.1 Å². The predicted molar refractivity (Wildman–Crippen MR) is 132 cm³/mol. The van der Waals surface area contributed by atoms with Gasteiger partial charge in [0.1, 0.15) is 17.4 Å². The van der Waals surface area contributed by atoms with Crippen molar-refractivity contribution >= 4 is 11.9 Å². The van der Waals surface area contributed by atoms with Crippen LogP contribution in [0.15, 0.2) is 42.7 Å². The molecule has 37 heavy (non-hydrogen) atoms. The van der Waals surface area contributed by atoms with E-state index in [0.717, 1.165) is 4.90 Å². The number of amides is 1. The van der Waals surface area contributed by atoms with Crippen LogP contribution in [0.3, 0.4) is 0 Å². The largest absolute Gasteiger partial charge is 0.467 e. The first kappa shape index (κ1) is 26.3. The van der Waals surface area contributed by atoms with Crippen LogP contribution in [-0.4, -0.2) is 69.5 Å². The van der Waals surface area contributed by atoms with Crippen molar-refractivity contribution in [3.05, 3.63) is 42.7 Å². The van der Waals surface area contributed by atoms with E-state index in [9.17, 15) is 4.79 Å². The maximum absolute atomic E-state index is 15.1. The molecule has 0 saturated carbocycles. The SMILES string of the molecule is COCOc1ccccc1-c1cc(-c2cnn([C@H]3CCN(C(=O)OC(C)(C)C)CC3(F)F)c2)c(N)nn1. The first-order valence-electron chi connectivity index (χ1n) is 11.7. The van der Waals surface area contributed by atoms with Gasteiger partial charge in [-0.1, -0.05) is 12.1 Å². The van der Waals surface area contributed by atoms with E-state index in [1.807, 2.05) is 18.2 Å². The number of benzene rings is 1. The van der Waals surface area contributed by atoms with Gasteiger partial charge in [0.15, 0.2) is 12.6 Å². The Labute approximate surface area is 213 Å². The van der Waals surface area contributed by atoms with Crippen LogP contribution in [0.1, 0.15) is 33.2 Å². The fraction of sp³-hybridized carbons (Fsp3) is 0.440. The first-order chi connectivity index (χ1) is 17.5. The third kappa shape index (κ3) is 5.96. The summed E-state index contributed by atoms with van der Waals surface area (Å²) in [6.45, 7) is 4.49. The van der Waals surface area contributed by atoms with E-state index in [4.69, 9.17) is 19.9 Å². The Balaban J connectivity index is 1.57. The average Bonchev–Trinajstić information content (AvgIpc) is 3.31. The number of likely N-dealkylation sites (tertiary alicyclic amines) is 1. The molecule has 0 aliphatic carbocycles. The van der Waals surface area contributed by atoms with E-state index in [1.165, 1.54) is 24.2 Å². The summed E-state index contributed by atoms with van der Waals surface area (Å²) in [5.41, 5.74) is 7.48. The molecular formula is C25H30F2N6O4. The summed E-state index contributed by atoms with van der Waals surface area (Å²) in [4.78, 5) is 13.3. The number of ether oxygens (including phenoxy) is 3. The predicted octanol–water partition coefficient (Wildman–Crippen LogP) is 4.39. The summed E-state index contributed by atoms with van der Waals surface area (Å²) in [5, 5.41) is 12.4. The van der Waals surface area contributed by atoms with Gasteiger partial charge in [-0.25, -0.2) is 13.6 Å². The highest BCUT2D eigenvalue weighted by atomic mass is 19.3. The van der Waals surface area contributed by atoms with Gasteiger partial charge in [0.2, 0.25) is 0 Å². The van der Waals surface area contributed by atoms with Crippen LogP contribution < -0.4 is 10.5 Å². The van der Waals surface area contributed by atoms with Crippen molar-refractivity contribution in [2.24, 2.45) is 0 Å². The molecule has 1 amide bonds. The standard InChI is InChI=1S/C25H30F2N6O4/c1-24(2,3)37-23(34)32-10-9-21(25(26,27)14-32)33-13-16(12-29-33)18-11-19(30-31-22(18)28)17-7-5-6-8-20(17)36-15-35-4/h5-8,11-13,21H,9-10,14-15H2,1-4H3,(H2,28,31)/t21-/m0/s1. The number of hydrogen-bond acceptors (Lipinski definition) is 8. The van der Waals surface area contributed by atoms with Crippen molar-refractivity contribution in [1.29, 1.82) is 0 Å². The zero-order valence-corrected chi connectivity index (χ0v) is 21.1. The molecule has 198 valence electrons. The Bertz CT molecular complexity index is 1260. The van der Waals surface area contributed by atoms with Crippen molar-refractivity contribution in [3.63, 3.8) is 0 Å². The number of anilines is 1. The second kappa shape index (κ2) is 10.3. The molecule has 0 spiro atoms. The van der Waals surface area contributed by atoms with Gasteiger partial charge in [-0.15, -0.1) is 10.2 Å². The highest BCUT2D eigenvalue weighted by Gasteiger charge is 2.48. The van der Waals surface area contributed by atoms with Crippen LogP contribution in [0.5, 0.6) is 5.75 Å². The number of hydrogen-bond donors (Lipinski definition) is 1. The molecule has 2 N–H and O–H groups in total. The smallest absolute Gasteiger partial charge is 0.410 e. The summed E-state index contributed by atoms with van der Waals surface area (Å²) >= 11 is 0. The number of alkyl halides is 2. The lowest BCUT2D eigenvalue weighted by Gasteiger charge is -2.38. The Morgan fingerprint density at radius 2 is 1.97 bits per heavy atom. The Morgan fingerprint density at radius 3 is 2.68 bits per heavy atom. The maximum atomic E-state index is 15.1. The number of halogens is 2. The third-order valence-corrected chi connectivity index (χ3v) is 5.76. The summed E-state index contributed by atoms with van der Waals surface area (Å²) in [7, 11) is 1.52. The van der Waals surface area contributed by atoms with Crippen LogP contribution in [0.4, 0.5) is 19.4 Å². The van der Waals surface area contributed by atoms with E-state index < -0.39 is 30.2 Å². The number of methoxy groups -OCH3 is 1. The number of nitrogen functional groups attached to an aromatic ring is 1. The van der Waals surface area contributed by atoms with Gasteiger partial charge in [0.05, 0.1) is 18.4 Å². The van der Waals surface area contributed by atoms with Crippen LogP contribution in [0, 0.1) is 0 Å². The molecule has 1 aromatic carbocycles. The quantitative estimate of drug-likeness (QED) is 0.480. The van der Waals surface area contributed by atoms with Gasteiger partial charge in [0.25, 0.3) is 5.92 Å². The minimum Gasteiger partial charge on any atom is -0.467 e.